The molecule has 0 radical (unpaired) electrons. The maximum atomic E-state index is 13.4. The minimum absolute atomic E-state index is 0.0570. The van der Waals surface area contributed by atoms with Crippen LogP contribution >= 0.6 is 0 Å². The van der Waals surface area contributed by atoms with Crippen LogP contribution in [0.4, 0.5) is 8.78 Å². The van der Waals surface area contributed by atoms with Crippen LogP contribution < -0.4 is 10.5 Å². The molecule has 1 amide bonds. The summed E-state index contributed by atoms with van der Waals surface area (Å²) in [5, 5.41) is 0.825. The van der Waals surface area contributed by atoms with Crippen LogP contribution in [0.5, 0.6) is 0 Å². The highest BCUT2D eigenvalue weighted by atomic mass is 32.2. The lowest BCUT2D eigenvalue weighted by Crippen LogP contribution is -2.35. The summed E-state index contributed by atoms with van der Waals surface area (Å²) < 4.78 is 54.3. The molecule has 0 bridgehead atoms. The number of aromatic nitrogens is 1. The number of fused-ring (bicyclic) bond motifs is 1. The lowest BCUT2D eigenvalue weighted by atomic mass is 10.1. The molecule has 7 nitrogen and oxygen atoms in total. The van der Waals surface area contributed by atoms with Gasteiger partial charge in [-0.15, -0.1) is 0 Å². The van der Waals surface area contributed by atoms with E-state index in [1.54, 1.807) is 24.4 Å². The maximum absolute atomic E-state index is 13.4. The number of H-pyrrole nitrogens is 1. The molecular formula is C21H22F2N4O3S. The maximum Gasteiger partial charge on any atom is 0.240 e. The van der Waals surface area contributed by atoms with Gasteiger partial charge in [0.25, 0.3) is 0 Å². The van der Waals surface area contributed by atoms with Crippen molar-refractivity contribution in [1.82, 2.24) is 14.6 Å². The number of likely N-dealkylation sites (tertiary alicyclic amines) is 1. The fourth-order valence-corrected chi connectivity index (χ4v) is 4.71. The van der Waals surface area contributed by atoms with E-state index in [1.165, 1.54) is 29.2 Å². The quantitative estimate of drug-likeness (QED) is 0.537. The van der Waals surface area contributed by atoms with Crippen LogP contribution in [0, 0.1) is 5.82 Å². The van der Waals surface area contributed by atoms with Crippen molar-refractivity contribution in [2.24, 2.45) is 5.73 Å². The fourth-order valence-electron chi connectivity index (χ4n) is 3.68. The van der Waals surface area contributed by atoms with E-state index in [9.17, 15) is 22.0 Å². The Morgan fingerprint density at radius 1 is 1.19 bits per heavy atom. The van der Waals surface area contributed by atoms with E-state index in [0.29, 0.717) is 5.52 Å². The van der Waals surface area contributed by atoms with Crippen molar-refractivity contribution in [2.45, 2.75) is 23.5 Å². The topological polar surface area (TPSA) is 108 Å². The number of nitrogens with two attached hydrogens (primary N) is 1. The Kier molecular flexibility index (Phi) is 5.78. The molecule has 2 atom stereocenters. The summed E-state index contributed by atoms with van der Waals surface area (Å²) >= 11 is 0. The van der Waals surface area contributed by atoms with E-state index < -0.39 is 22.2 Å². The van der Waals surface area contributed by atoms with E-state index in [0.717, 1.165) is 16.5 Å². The number of alkyl halides is 1. The molecule has 164 valence electrons. The van der Waals surface area contributed by atoms with Gasteiger partial charge in [-0.3, -0.25) is 4.79 Å². The van der Waals surface area contributed by atoms with Crippen molar-refractivity contribution in [3.8, 4) is 11.1 Å². The van der Waals surface area contributed by atoms with Gasteiger partial charge >= 0.3 is 0 Å². The van der Waals surface area contributed by atoms with Gasteiger partial charge < -0.3 is 15.6 Å². The molecule has 1 aliphatic heterocycles. The Morgan fingerprint density at radius 3 is 2.61 bits per heavy atom. The molecule has 3 aromatic rings. The molecule has 2 aromatic carbocycles. The summed E-state index contributed by atoms with van der Waals surface area (Å²) in [4.78, 5) is 16.5. The van der Waals surface area contributed by atoms with Gasteiger partial charge in [-0.2, -0.15) is 0 Å². The summed E-state index contributed by atoms with van der Waals surface area (Å²) in [5.74, 6) is -0.687. The average molecular weight is 448 g/mol. The first-order chi connectivity index (χ1) is 14.7. The minimum Gasteiger partial charge on any atom is -0.360 e. The van der Waals surface area contributed by atoms with Crippen LogP contribution in [0.1, 0.15) is 6.42 Å². The molecule has 4 rings (SSSR count). The molecule has 1 aromatic heterocycles. The molecule has 1 fully saturated rings. The van der Waals surface area contributed by atoms with E-state index in [-0.39, 0.29) is 42.7 Å². The fraction of sp³-hybridized carbons (Fsp3) is 0.286. The van der Waals surface area contributed by atoms with Crippen molar-refractivity contribution >= 4 is 26.8 Å². The van der Waals surface area contributed by atoms with Gasteiger partial charge in [0.05, 0.1) is 17.5 Å². The minimum atomic E-state index is -3.81. The van der Waals surface area contributed by atoms with Crippen molar-refractivity contribution in [3.63, 3.8) is 0 Å². The standard InChI is InChI=1S/C21H22F2N4O3S/c22-14-3-6-16-17(10-25-20(16)9-14)13-1-4-15(5-2-13)31(29,30)26-8-7-21(28)27-11-18(23)19(24)12-27/h1-6,9-10,18-19,25-26H,7-8,11-12,24H2/t18-,19+/m1/s1. The number of nitrogens with zero attached hydrogens (tertiary/aromatic N) is 1. The first kappa shape index (κ1) is 21.4. The lowest BCUT2D eigenvalue weighted by molar-refractivity contribution is -0.130. The van der Waals surface area contributed by atoms with Crippen molar-refractivity contribution < 1.29 is 22.0 Å². The number of aromatic amines is 1. The van der Waals surface area contributed by atoms with Crippen LogP contribution in [0.15, 0.2) is 53.6 Å². The summed E-state index contributed by atoms with van der Waals surface area (Å²) in [6.45, 7) is -0.0248. The van der Waals surface area contributed by atoms with Crippen LogP contribution in [0.3, 0.4) is 0 Å². The molecule has 31 heavy (non-hydrogen) atoms. The number of carbonyl (C=O) groups excluding carboxylic acids is 1. The summed E-state index contributed by atoms with van der Waals surface area (Å²) in [6.07, 6.45) is 0.405. The molecule has 4 N–H and O–H groups in total. The molecule has 0 aliphatic carbocycles. The third kappa shape index (κ3) is 4.46. The highest BCUT2D eigenvalue weighted by Gasteiger charge is 2.32. The third-order valence-electron chi connectivity index (χ3n) is 5.39. The SMILES string of the molecule is N[C@H]1CN(C(=O)CCNS(=O)(=O)c2ccc(-c3c[nH]c4cc(F)ccc34)cc2)C[C@H]1F. The number of amides is 1. The first-order valence-corrected chi connectivity index (χ1v) is 11.3. The van der Waals surface area contributed by atoms with Gasteiger partial charge in [-0.05, 0) is 35.9 Å². The molecular weight excluding hydrogens is 426 g/mol. The van der Waals surface area contributed by atoms with Crippen LogP contribution in [0.2, 0.25) is 0 Å². The lowest BCUT2D eigenvalue weighted by Gasteiger charge is -2.15. The highest BCUT2D eigenvalue weighted by molar-refractivity contribution is 7.89. The van der Waals surface area contributed by atoms with Crippen molar-refractivity contribution in [3.05, 3.63) is 54.5 Å². The number of hydrogen-bond donors (Lipinski definition) is 3. The Balaban J connectivity index is 1.40. The predicted molar refractivity (Wildman–Crippen MR) is 113 cm³/mol. The predicted octanol–water partition coefficient (Wildman–Crippen LogP) is 2.15. The van der Waals surface area contributed by atoms with Gasteiger partial charge in [0.15, 0.2) is 0 Å². The second-order valence-electron chi connectivity index (χ2n) is 7.54. The Morgan fingerprint density at radius 2 is 1.94 bits per heavy atom. The molecule has 1 saturated heterocycles. The van der Waals surface area contributed by atoms with Crippen molar-refractivity contribution in [1.29, 1.82) is 0 Å². The molecule has 1 aliphatic rings. The average Bonchev–Trinajstić information content (AvgIpc) is 3.30. The van der Waals surface area contributed by atoms with Gasteiger partial charge in [0, 0.05) is 42.2 Å². The second-order valence-corrected chi connectivity index (χ2v) is 9.31. The third-order valence-corrected chi connectivity index (χ3v) is 6.87. The van der Waals surface area contributed by atoms with E-state index >= 15 is 0 Å². The summed E-state index contributed by atoms with van der Waals surface area (Å²) in [5.41, 5.74) is 7.82. The number of rotatable bonds is 6. The Bertz CT molecular complexity index is 1200. The Labute approximate surface area is 178 Å². The second kappa shape index (κ2) is 8.37. The number of carbonyl (C=O) groups is 1. The highest BCUT2D eigenvalue weighted by Crippen LogP contribution is 2.29. The van der Waals surface area contributed by atoms with Gasteiger partial charge in [-0.1, -0.05) is 12.1 Å². The monoisotopic (exact) mass is 448 g/mol. The van der Waals surface area contributed by atoms with Gasteiger partial charge in [0.1, 0.15) is 12.0 Å². The number of hydrogen-bond acceptors (Lipinski definition) is 4. The number of sulfonamides is 1. The van der Waals surface area contributed by atoms with Crippen molar-refractivity contribution in [2.75, 3.05) is 19.6 Å². The zero-order valence-electron chi connectivity index (χ0n) is 16.5. The molecule has 10 heteroatoms. The van der Waals surface area contributed by atoms with Crippen LogP contribution in [-0.4, -0.2) is 56.1 Å². The van der Waals surface area contributed by atoms with E-state index in [2.05, 4.69) is 9.71 Å². The zero-order chi connectivity index (χ0) is 22.2. The molecule has 0 unspecified atom stereocenters. The van der Waals surface area contributed by atoms with Gasteiger partial charge in [0.2, 0.25) is 15.9 Å². The smallest absolute Gasteiger partial charge is 0.240 e. The van der Waals surface area contributed by atoms with Gasteiger partial charge in [-0.25, -0.2) is 21.9 Å². The Hall–Kier alpha value is -2.82. The number of nitrogens with one attached hydrogen (secondary N) is 2. The molecule has 0 saturated carbocycles. The van der Waals surface area contributed by atoms with E-state index in [4.69, 9.17) is 5.73 Å². The first-order valence-electron chi connectivity index (χ1n) is 9.79. The van der Waals surface area contributed by atoms with E-state index in [1.807, 2.05) is 0 Å². The van der Waals surface area contributed by atoms with Crippen LogP contribution in [-0.2, 0) is 14.8 Å². The molecule has 2 heterocycles. The summed E-state index contributed by atoms with van der Waals surface area (Å²) in [6, 6.07) is 9.99. The molecule has 0 spiro atoms. The zero-order valence-corrected chi connectivity index (χ0v) is 17.3. The summed E-state index contributed by atoms with van der Waals surface area (Å²) in [7, 11) is -3.81. The number of benzene rings is 2. The normalized spacial score (nSPS) is 19.3. The largest absolute Gasteiger partial charge is 0.360 e. The van der Waals surface area contributed by atoms with Crippen LogP contribution in [0.25, 0.3) is 22.0 Å². The number of halogens is 2.